The molecule has 0 bridgehead atoms. The lowest BCUT2D eigenvalue weighted by atomic mass is 10.1. The maximum atomic E-state index is 11.9. The molecule has 4 nitrogen and oxygen atoms in total. The highest BCUT2D eigenvalue weighted by atomic mass is 16.3. The molecule has 1 amide bonds. The Kier molecular flexibility index (Phi) is 3.33. The molecule has 0 aliphatic carbocycles. The van der Waals surface area contributed by atoms with Crippen molar-refractivity contribution in [2.75, 3.05) is 29.9 Å². The molecule has 0 unspecified atom stereocenters. The molecular formula is C13H18N2O2. The van der Waals surface area contributed by atoms with Gasteiger partial charge < -0.3 is 15.3 Å². The van der Waals surface area contributed by atoms with E-state index in [1.54, 1.807) is 4.90 Å². The number of aryl methyl sites for hydroxylation is 2. The fraction of sp³-hybridized carbons (Fsp3) is 0.462. The first-order chi connectivity index (χ1) is 8.13. The van der Waals surface area contributed by atoms with Gasteiger partial charge in [0.15, 0.2) is 0 Å². The molecule has 4 heteroatoms. The molecule has 0 radical (unpaired) electrons. The number of anilines is 2. The molecule has 92 valence electrons. The van der Waals surface area contributed by atoms with E-state index in [-0.39, 0.29) is 18.9 Å². The van der Waals surface area contributed by atoms with E-state index < -0.39 is 0 Å². The van der Waals surface area contributed by atoms with Crippen molar-refractivity contribution in [2.24, 2.45) is 0 Å². The van der Waals surface area contributed by atoms with Crippen molar-refractivity contribution in [2.45, 2.75) is 20.3 Å². The van der Waals surface area contributed by atoms with E-state index in [0.717, 1.165) is 17.9 Å². The molecule has 2 N–H and O–H groups in total. The largest absolute Gasteiger partial charge is 0.396 e. The van der Waals surface area contributed by atoms with Crippen LogP contribution >= 0.6 is 0 Å². The summed E-state index contributed by atoms with van der Waals surface area (Å²) in [6, 6.07) is 4.11. The number of rotatable bonds is 2. The first-order valence-corrected chi connectivity index (χ1v) is 5.90. The van der Waals surface area contributed by atoms with Gasteiger partial charge in [-0.1, -0.05) is 0 Å². The molecule has 0 spiro atoms. The molecule has 0 fully saturated rings. The fourth-order valence-corrected chi connectivity index (χ4v) is 2.08. The Bertz CT molecular complexity index is 443. The fourth-order valence-electron chi connectivity index (χ4n) is 2.08. The van der Waals surface area contributed by atoms with E-state index >= 15 is 0 Å². The Balaban J connectivity index is 2.37. The zero-order valence-corrected chi connectivity index (χ0v) is 10.3. The van der Waals surface area contributed by atoms with Gasteiger partial charge in [-0.05, 0) is 37.1 Å². The van der Waals surface area contributed by atoms with Crippen LogP contribution in [0.15, 0.2) is 12.1 Å². The van der Waals surface area contributed by atoms with Gasteiger partial charge in [-0.2, -0.15) is 0 Å². The van der Waals surface area contributed by atoms with Crippen molar-refractivity contribution in [3.63, 3.8) is 0 Å². The molecule has 0 aromatic heterocycles. The average Bonchev–Trinajstić information content (AvgIpc) is 2.30. The van der Waals surface area contributed by atoms with E-state index in [1.165, 1.54) is 11.1 Å². The van der Waals surface area contributed by atoms with E-state index in [1.807, 2.05) is 13.0 Å². The molecule has 0 atom stereocenters. The number of benzene rings is 1. The van der Waals surface area contributed by atoms with E-state index in [9.17, 15) is 4.79 Å². The van der Waals surface area contributed by atoms with Crippen LogP contribution in [-0.2, 0) is 4.79 Å². The summed E-state index contributed by atoms with van der Waals surface area (Å²) in [5, 5.41) is 12.2. The summed E-state index contributed by atoms with van der Waals surface area (Å²) < 4.78 is 0. The molecule has 0 saturated heterocycles. The quantitative estimate of drug-likeness (QED) is 0.814. The predicted octanol–water partition coefficient (Wildman–Crippen LogP) is 1.44. The number of hydrogen-bond donors (Lipinski definition) is 2. The summed E-state index contributed by atoms with van der Waals surface area (Å²) in [7, 11) is 0. The van der Waals surface area contributed by atoms with Crippen molar-refractivity contribution in [3.05, 3.63) is 23.3 Å². The van der Waals surface area contributed by atoms with Gasteiger partial charge in [0, 0.05) is 13.1 Å². The van der Waals surface area contributed by atoms with E-state index in [0.29, 0.717) is 6.54 Å². The van der Waals surface area contributed by atoms with Crippen molar-refractivity contribution in [3.8, 4) is 0 Å². The molecule has 1 aliphatic rings. The van der Waals surface area contributed by atoms with Crippen molar-refractivity contribution in [1.29, 1.82) is 0 Å². The highest BCUT2D eigenvalue weighted by molar-refractivity contribution is 5.98. The summed E-state index contributed by atoms with van der Waals surface area (Å²) in [5.41, 5.74) is 4.32. The van der Waals surface area contributed by atoms with Gasteiger partial charge in [-0.3, -0.25) is 4.79 Å². The second kappa shape index (κ2) is 4.75. The third kappa shape index (κ3) is 2.26. The van der Waals surface area contributed by atoms with Gasteiger partial charge in [-0.25, -0.2) is 0 Å². The van der Waals surface area contributed by atoms with Crippen LogP contribution in [0.3, 0.4) is 0 Å². The van der Waals surface area contributed by atoms with Crippen LogP contribution in [0.1, 0.15) is 17.5 Å². The van der Waals surface area contributed by atoms with Gasteiger partial charge in [0.2, 0.25) is 5.91 Å². The number of nitrogens with zero attached hydrogens (tertiary/aromatic N) is 1. The monoisotopic (exact) mass is 234 g/mol. The number of amides is 1. The zero-order valence-electron chi connectivity index (χ0n) is 10.3. The molecular weight excluding hydrogens is 216 g/mol. The van der Waals surface area contributed by atoms with Crippen LogP contribution in [-0.4, -0.2) is 30.7 Å². The molecule has 1 aromatic rings. The summed E-state index contributed by atoms with van der Waals surface area (Å²) in [6.07, 6.45) is 0.187. The van der Waals surface area contributed by atoms with Crippen LogP contribution in [0.4, 0.5) is 11.4 Å². The number of hydrogen-bond acceptors (Lipinski definition) is 3. The van der Waals surface area contributed by atoms with Crippen LogP contribution in [0, 0.1) is 13.8 Å². The first-order valence-electron chi connectivity index (χ1n) is 5.90. The van der Waals surface area contributed by atoms with Gasteiger partial charge in [0.1, 0.15) is 0 Å². The number of nitrogens with one attached hydrogen (secondary N) is 1. The van der Waals surface area contributed by atoms with Gasteiger partial charge in [-0.15, -0.1) is 0 Å². The molecule has 1 aromatic carbocycles. The smallest absolute Gasteiger partial charge is 0.229 e. The lowest BCUT2D eigenvalue weighted by molar-refractivity contribution is -0.119. The first kappa shape index (κ1) is 11.9. The number of aliphatic hydroxyl groups is 1. The highest BCUT2D eigenvalue weighted by Gasteiger charge is 2.22. The number of carbonyl (C=O) groups excluding carboxylic acids is 1. The summed E-state index contributed by atoms with van der Waals surface area (Å²) in [4.78, 5) is 13.7. The van der Waals surface area contributed by atoms with Crippen LogP contribution < -0.4 is 10.2 Å². The number of fused-ring (bicyclic) bond motifs is 1. The summed E-state index contributed by atoms with van der Waals surface area (Å²) in [6.45, 7) is 5.43. The van der Waals surface area contributed by atoms with Crippen molar-refractivity contribution in [1.82, 2.24) is 0 Å². The molecule has 2 rings (SSSR count). The SMILES string of the molecule is Cc1cc2c(cc1C)N(C(=O)CCO)CCN2. The number of aliphatic hydroxyl groups excluding tert-OH is 1. The van der Waals surface area contributed by atoms with Crippen molar-refractivity contribution < 1.29 is 9.90 Å². The molecule has 1 aliphatic heterocycles. The second-order valence-electron chi connectivity index (χ2n) is 4.40. The summed E-state index contributed by atoms with van der Waals surface area (Å²) >= 11 is 0. The maximum absolute atomic E-state index is 11.9. The Morgan fingerprint density at radius 2 is 2.12 bits per heavy atom. The average molecular weight is 234 g/mol. The standard InChI is InChI=1S/C13H18N2O2/c1-9-7-11-12(8-10(9)2)15(5-4-14-11)13(17)3-6-16/h7-8,14,16H,3-6H2,1-2H3. The van der Waals surface area contributed by atoms with Crippen LogP contribution in [0.2, 0.25) is 0 Å². The van der Waals surface area contributed by atoms with Crippen LogP contribution in [0.5, 0.6) is 0 Å². The van der Waals surface area contributed by atoms with Gasteiger partial charge in [0.25, 0.3) is 0 Å². The lowest BCUT2D eigenvalue weighted by Crippen LogP contribution is -2.39. The third-order valence-corrected chi connectivity index (χ3v) is 3.18. The maximum Gasteiger partial charge on any atom is 0.229 e. The van der Waals surface area contributed by atoms with E-state index in [4.69, 9.17) is 5.11 Å². The Labute approximate surface area is 101 Å². The lowest BCUT2D eigenvalue weighted by Gasteiger charge is -2.31. The molecule has 0 saturated carbocycles. The minimum Gasteiger partial charge on any atom is -0.396 e. The minimum absolute atomic E-state index is 0.0153. The second-order valence-corrected chi connectivity index (χ2v) is 4.40. The van der Waals surface area contributed by atoms with Crippen LogP contribution in [0.25, 0.3) is 0 Å². The van der Waals surface area contributed by atoms with Gasteiger partial charge in [0.05, 0.1) is 24.4 Å². The Hall–Kier alpha value is -1.55. The van der Waals surface area contributed by atoms with E-state index in [2.05, 4.69) is 18.3 Å². The normalized spacial score (nSPS) is 14.2. The molecule has 17 heavy (non-hydrogen) atoms. The van der Waals surface area contributed by atoms with Gasteiger partial charge >= 0.3 is 0 Å². The minimum atomic E-state index is -0.0943. The highest BCUT2D eigenvalue weighted by Crippen LogP contribution is 2.32. The number of carbonyl (C=O) groups is 1. The third-order valence-electron chi connectivity index (χ3n) is 3.18. The zero-order chi connectivity index (χ0) is 12.4. The van der Waals surface area contributed by atoms with Crippen molar-refractivity contribution >= 4 is 17.3 Å². The Morgan fingerprint density at radius 3 is 2.82 bits per heavy atom. The topological polar surface area (TPSA) is 52.6 Å². The predicted molar refractivity (Wildman–Crippen MR) is 68.5 cm³/mol. The molecule has 1 heterocycles. The summed E-state index contributed by atoms with van der Waals surface area (Å²) in [5.74, 6) is -0.0153. The Morgan fingerprint density at radius 1 is 1.41 bits per heavy atom.